The Hall–Kier alpha value is -1.49. The molecule has 1 aromatic carbocycles. The molecule has 1 N–H and O–H groups in total. The molecule has 1 atom stereocenters. The maximum atomic E-state index is 10.8. The summed E-state index contributed by atoms with van der Waals surface area (Å²) in [6.07, 6.45) is 2.65. The molecule has 2 aromatic rings. The molecule has 0 spiro atoms. The van der Waals surface area contributed by atoms with Gasteiger partial charge >= 0.3 is 5.97 Å². The topological polar surface area (TPSA) is 55.1 Å². The summed E-state index contributed by atoms with van der Waals surface area (Å²) in [4.78, 5) is 15.5. The molecule has 0 amide bonds. The van der Waals surface area contributed by atoms with Gasteiger partial charge in [-0.05, 0) is 49.3 Å². The fourth-order valence-electron chi connectivity index (χ4n) is 2.73. The van der Waals surface area contributed by atoms with Gasteiger partial charge in [0.25, 0.3) is 0 Å². The van der Waals surface area contributed by atoms with Gasteiger partial charge in [0.15, 0.2) is 5.16 Å². The van der Waals surface area contributed by atoms with Crippen molar-refractivity contribution < 1.29 is 9.90 Å². The molecule has 0 aliphatic heterocycles. The second-order valence-electron chi connectivity index (χ2n) is 5.99. The van der Waals surface area contributed by atoms with Crippen molar-refractivity contribution in [2.75, 3.05) is 5.75 Å². The van der Waals surface area contributed by atoms with Crippen molar-refractivity contribution in [3.05, 3.63) is 23.8 Å². The number of carbonyl (C=O) groups is 1. The first-order chi connectivity index (χ1) is 10.0. The molecule has 1 heterocycles. The Balaban J connectivity index is 1.96. The van der Waals surface area contributed by atoms with E-state index in [1.807, 2.05) is 6.07 Å². The lowest BCUT2D eigenvalue weighted by Gasteiger charge is -2.14. The molecule has 1 unspecified atom stereocenters. The molecule has 0 radical (unpaired) electrons. The first-order valence-electron chi connectivity index (χ1n) is 7.36. The monoisotopic (exact) mass is 304 g/mol. The number of rotatable bonds is 6. The Bertz CT molecular complexity index is 676. The van der Waals surface area contributed by atoms with Crippen molar-refractivity contribution in [3.8, 4) is 0 Å². The molecular weight excluding hydrogens is 284 g/mol. The quantitative estimate of drug-likeness (QED) is 0.829. The SMILES string of the molecule is Cc1ccc2nc(SCC(=O)O)n(CC(C)C3CC3)c2c1. The van der Waals surface area contributed by atoms with E-state index in [2.05, 4.69) is 35.5 Å². The second kappa shape index (κ2) is 5.72. The van der Waals surface area contributed by atoms with Gasteiger partial charge < -0.3 is 9.67 Å². The van der Waals surface area contributed by atoms with E-state index in [-0.39, 0.29) is 5.75 Å². The lowest BCUT2D eigenvalue weighted by molar-refractivity contribution is -0.133. The van der Waals surface area contributed by atoms with E-state index in [4.69, 9.17) is 5.11 Å². The zero-order chi connectivity index (χ0) is 15.0. The fraction of sp³-hybridized carbons (Fsp3) is 0.500. The van der Waals surface area contributed by atoms with Gasteiger partial charge in [0, 0.05) is 6.54 Å². The molecule has 4 nitrogen and oxygen atoms in total. The third-order valence-corrected chi connectivity index (χ3v) is 5.05. The summed E-state index contributed by atoms with van der Waals surface area (Å²) in [7, 11) is 0. The minimum atomic E-state index is -0.801. The van der Waals surface area contributed by atoms with Crippen molar-refractivity contribution in [3.63, 3.8) is 0 Å². The maximum Gasteiger partial charge on any atom is 0.313 e. The molecule has 1 fully saturated rings. The van der Waals surface area contributed by atoms with Gasteiger partial charge in [0.2, 0.25) is 0 Å². The van der Waals surface area contributed by atoms with E-state index in [1.54, 1.807) is 0 Å². The lowest BCUT2D eigenvalue weighted by Crippen LogP contribution is -2.11. The van der Waals surface area contributed by atoms with Gasteiger partial charge in [-0.15, -0.1) is 0 Å². The highest BCUT2D eigenvalue weighted by Crippen LogP contribution is 2.38. The number of benzene rings is 1. The molecule has 0 bridgehead atoms. The van der Waals surface area contributed by atoms with Crippen LogP contribution in [0.3, 0.4) is 0 Å². The Morgan fingerprint density at radius 1 is 1.52 bits per heavy atom. The van der Waals surface area contributed by atoms with Crippen LogP contribution in [0.25, 0.3) is 11.0 Å². The second-order valence-corrected chi connectivity index (χ2v) is 6.94. The molecule has 3 rings (SSSR count). The smallest absolute Gasteiger partial charge is 0.313 e. The number of aryl methyl sites for hydroxylation is 1. The number of aliphatic carboxylic acids is 1. The van der Waals surface area contributed by atoms with Crippen LogP contribution in [0.4, 0.5) is 0 Å². The van der Waals surface area contributed by atoms with Gasteiger partial charge in [-0.2, -0.15) is 0 Å². The predicted molar refractivity (Wildman–Crippen MR) is 84.7 cm³/mol. The van der Waals surface area contributed by atoms with E-state index in [0.717, 1.165) is 28.7 Å². The number of thioether (sulfide) groups is 1. The van der Waals surface area contributed by atoms with Crippen LogP contribution in [0.5, 0.6) is 0 Å². The molecule has 21 heavy (non-hydrogen) atoms. The number of nitrogens with zero attached hydrogens (tertiary/aromatic N) is 2. The third kappa shape index (κ3) is 3.23. The van der Waals surface area contributed by atoms with E-state index in [0.29, 0.717) is 5.92 Å². The fourth-order valence-corrected chi connectivity index (χ4v) is 3.47. The largest absolute Gasteiger partial charge is 0.481 e. The van der Waals surface area contributed by atoms with Gasteiger partial charge in [-0.25, -0.2) is 4.98 Å². The molecule has 1 saturated carbocycles. The van der Waals surface area contributed by atoms with Crippen molar-refractivity contribution in [2.45, 2.75) is 38.4 Å². The Labute approximate surface area is 128 Å². The zero-order valence-corrected chi connectivity index (χ0v) is 13.2. The highest BCUT2D eigenvalue weighted by Gasteiger charge is 2.29. The molecule has 5 heteroatoms. The van der Waals surface area contributed by atoms with Crippen molar-refractivity contribution in [1.29, 1.82) is 0 Å². The van der Waals surface area contributed by atoms with Crippen LogP contribution in [0.1, 0.15) is 25.3 Å². The van der Waals surface area contributed by atoms with Crippen LogP contribution in [0.2, 0.25) is 0 Å². The number of hydrogen-bond acceptors (Lipinski definition) is 3. The summed E-state index contributed by atoms with van der Waals surface area (Å²) < 4.78 is 2.21. The maximum absolute atomic E-state index is 10.8. The Morgan fingerprint density at radius 3 is 2.95 bits per heavy atom. The Kier molecular flexibility index (Phi) is 3.93. The summed E-state index contributed by atoms with van der Waals surface area (Å²) >= 11 is 1.31. The number of hydrogen-bond donors (Lipinski definition) is 1. The van der Waals surface area contributed by atoms with Gasteiger partial charge in [-0.3, -0.25) is 4.79 Å². The van der Waals surface area contributed by atoms with Crippen molar-refractivity contribution >= 4 is 28.8 Å². The minimum absolute atomic E-state index is 0.0557. The van der Waals surface area contributed by atoms with Crippen molar-refractivity contribution in [1.82, 2.24) is 9.55 Å². The number of imidazole rings is 1. The number of fused-ring (bicyclic) bond motifs is 1. The highest BCUT2D eigenvalue weighted by atomic mass is 32.2. The highest BCUT2D eigenvalue weighted by molar-refractivity contribution is 7.99. The molecule has 1 aliphatic rings. The zero-order valence-electron chi connectivity index (χ0n) is 12.4. The van der Waals surface area contributed by atoms with E-state index < -0.39 is 5.97 Å². The van der Waals surface area contributed by atoms with Crippen LogP contribution in [-0.4, -0.2) is 26.4 Å². The van der Waals surface area contributed by atoms with Crippen LogP contribution >= 0.6 is 11.8 Å². The van der Waals surface area contributed by atoms with E-state index in [1.165, 1.54) is 30.2 Å². The lowest BCUT2D eigenvalue weighted by atomic mass is 10.1. The summed E-state index contributed by atoms with van der Waals surface area (Å²) in [5, 5.41) is 9.73. The number of aromatic nitrogens is 2. The predicted octanol–water partition coefficient (Wildman–Crippen LogP) is 3.57. The first kappa shape index (κ1) is 14.4. The average molecular weight is 304 g/mol. The van der Waals surface area contributed by atoms with Gasteiger partial charge in [0.05, 0.1) is 16.8 Å². The van der Waals surface area contributed by atoms with Crippen LogP contribution in [-0.2, 0) is 11.3 Å². The molecule has 112 valence electrons. The normalized spacial score (nSPS) is 16.3. The molecule has 1 aromatic heterocycles. The van der Waals surface area contributed by atoms with Gasteiger partial charge in [0.1, 0.15) is 0 Å². The summed E-state index contributed by atoms with van der Waals surface area (Å²) in [6, 6.07) is 6.22. The van der Waals surface area contributed by atoms with E-state index in [9.17, 15) is 4.79 Å². The molecule has 1 aliphatic carbocycles. The first-order valence-corrected chi connectivity index (χ1v) is 8.34. The minimum Gasteiger partial charge on any atom is -0.481 e. The van der Waals surface area contributed by atoms with Crippen molar-refractivity contribution in [2.24, 2.45) is 11.8 Å². The average Bonchev–Trinajstić information content (AvgIpc) is 3.22. The summed E-state index contributed by atoms with van der Waals surface area (Å²) in [5.41, 5.74) is 3.28. The summed E-state index contributed by atoms with van der Waals surface area (Å²) in [6.45, 7) is 5.28. The van der Waals surface area contributed by atoms with E-state index >= 15 is 0 Å². The molecular formula is C16H20N2O2S. The van der Waals surface area contributed by atoms with Crippen LogP contribution in [0.15, 0.2) is 23.4 Å². The number of carboxylic acid groups (broad SMARTS) is 1. The molecule has 0 saturated heterocycles. The van der Waals surface area contributed by atoms with Crippen LogP contribution in [0, 0.1) is 18.8 Å². The van der Waals surface area contributed by atoms with Gasteiger partial charge in [-0.1, -0.05) is 24.8 Å². The standard InChI is InChI=1S/C16H20N2O2S/c1-10-3-6-13-14(7-10)18(8-11(2)12-4-5-12)16(17-13)21-9-15(19)20/h3,6-7,11-12H,4-5,8-9H2,1-2H3,(H,19,20). The Morgan fingerprint density at radius 2 is 2.29 bits per heavy atom. The van der Waals surface area contributed by atoms with Crippen LogP contribution < -0.4 is 0 Å². The third-order valence-electron chi connectivity index (χ3n) is 4.09. The summed E-state index contributed by atoms with van der Waals surface area (Å²) in [5.74, 6) is 0.696. The number of carboxylic acids is 1.